The second kappa shape index (κ2) is 9.30. The summed E-state index contributed by atoms with van der Waals surface area (Å²) < 4.78 is 10.2. The molecule has 2 aromatic rings. The summed E-state index contributed by atoms with van der Waals surface area (Å²) in [7, 11) is 2.96. The smallest absolute Gasteiger partial charge is 0.187 e. The first-order chi connectivity index (χ1) is 13.0. The fraction of sp³-hybridized carbons (Fsp3) is 0.190. The predicted octanol–water partition coefficient (Wildman–Crippen LogP) is 3.18. The van der Waals surface area contributed by atoms with Gasteiger partial charge in [-0.15, -0.1) is 12.4 Å². The minimum atomic E-state index is -0.0483. The van der Waals surface area contributed by atoms with Crippen LogP contribution in [-0.4, -0.2) is 43.3 Å². The summed E-state index contributed by atoms with van der Waals surface area (Å²) in [6, 6.07) is 9.87. The largest absolute Gasteiger partial charge is 0.504 e. The molecule has 3 rings (SSSR count). The normalized spacial score (nSPS) is 16.7. The Morgan fingerprint density at radius 1 is 0.857 bits per heavy atom. The van der Waals surface area contributed by atoms with Gasteiger partial charge in [-0.1, -0.05) is 12.1 Å². The predicted molar refractivity (Wildman–Crippen MR) is 110 cm³/mol. The molecule has 148 valence electrons. The molecule has 1 aliphatic heterocycles. The molecule has 1 aliphatic rings. The van der Waals surface area contributed by atoms with Crippen LogP contribution in [0.15, 0.2) is 47.5 Å². The number of carbonyl (C=O) groups is 1. The number of piperidine rings is 1. The number of ketones is 1. The van der Waals surface area contributed by atoms with Gasteiger partial charge in [0.25, 0.3) is 0 Å². The third-order valence-electron chi connectivity index (χ3n) is 4.30. The molecule has 28 heavy (non-hydrogen) atoms. The standard InChI is InChI=1S/C21H21NO5.ClH/c1-26-19-9-13(3-5-17(19)23)7-15-11-22-12-16(21(15)25)8-14-4-6-18(24)20(10-14)27-2;/h3-10,22-24H,11-12H2,1-2H3;1H/b15-7+,16-8+;. The lowest BCUT2D eigenvalue weighted by Crippen LogP contribution is -2.32. The van der Waals surface area contributed by atoms with Crippen molar-refractivity contribution in [3.63, 3.8) is 0 Å². The van der Waals surface area contributed by atoms with Crippen LogP contribution in [0.4, 0.5) is 0 Å². The number of hydrogen-bond donors (Lipinski definition) is 3. The fourth-order valence-corrected chi connectivity index (χ4v) is 2.90. The van der Waals surface area contributed by atoms with Crippen molar-refractivity contribution >= 4 is 30.3 Å². The molecule has 0 unspecified atom stereocenters. The van der Waals surface area contributed by atoms with Gasteiger partial charge < -0.3 is 25.0 Å². The Morgan fingerprint density at radius 3 is 1.68 bits per heavy atom. The second-order valence-corrected chi connectivity index (χ2v) is 6.13. The van der Waals surface area contributed by atoms with Crippen molar-refractivity contribution in [3.05, 3.63) is 58.7 Å². The lowest BCUT2D eigenvalue weighted by atomic mass is 9.95. The minimum Gasteiger partial charge on any atom is -0.504 e. The Balaban J connectivity index is 0.00000280. The number of methoxy groups -OCH3 is 2. The summed E-state index contributed by atoms with van der Waals surface area (Å²) >= 11 is 0. The van der Waals surface area contributed by atoms with E-state index in [-0.39, 0.29) is 29.7 Å². The van der Waals surface area contributed by atoms with Crippen LogP contribution in [0.5, 0.6) is 23.0 Å². The van der Waals surface area contributed by atoms with Gasteiger partial charge in [-0.05, 0) is 47.5 Å². The van der Waals surface area contributed by atoms with Crippen molar-refractivity contribution in [3.8, 4) is 23.0 Å². The monoisotopic (exact) mass is 403 g/mol. The zero-order valence-corrected chi connectivity index (χ0v) is 16.4. The molecule has 7 heteroatoms. The highest BCUT2D eigenvalue weighted by Crippen LogP contribution is 2.29. The molecule has 0 spiro atoms. The molecule has 0 atom stereocenters. The SMILES string of the molecule is COc1cc(/C=C2\CNC/C(=C\c3ccc(O)c(OC)c3)C2=O)ccc1O.Cl. The summed E-state index contributed by atoms with van der Waals surface area (Å²) in [5.41, 5.74) is 2.77. The summed E-state index contributed by atoms with van der Waals surface area (Å²) in [5.74, 6) is 0.761. The second-order valence-electron chi connectivity index (χ2n) is 6.13. The number of halogens is 1. The molecule has 3 N–H and O–H groups in total. The molecular formula is C21H22ClNO5. The van der Waals surface area contributed by atoms with Crippen LogP contribution in [0.1, 0.15) is 11.1 Å². The van der Waals surface area contributed by atoms with Gasteiger partial charge in [0.15, 0.2) is 28.8 Å². The lowest BCUT2D eigenvalue weighted by molar-refractivity contribution is -0.112. The Bertz CT molecular complexity index is 863. The molecule has 0 amide bonds. The van der Waals surface area contributed by atoms with Gasteiger partial charge in [0, 0.05) is 24.2 Å². The number of phenolic OH excluding ortho intramolecular Hbond substituents is 2. The van der Waals surface area contributed by atoms with Gasteiger partial charge in [0.2, 0.25) is 0 Å². The van der Waals surface area contributed by atoms with Crippen LogP contribution in [0.3, 0.4) is 0 Å². The van der Waals surface area contributed by atoms with Crippen LogP contribution >= 0.6 is 12.4 Å². The Kier molecular flexibility index (Phi) is 7.09. The maximum absolute atomic E-state index is 12.8. The minimum absolute atomic E-state index is 0. The third kappa shape index (κ3) is 4.65. The Labute approximate surface area is 169 Å². The Hall–Kier alpha value is -2.96. The van der Waals surface area contributed by atoms with Gasteiger partial charge in [-0.25, -0.2) is 0 Å². The molecule has 1 saturated heterocycles. The number of carbonyl (C=O) groups excluding carboxylic acids is 1. The average Bonchev–Trinajstić information content (AvgIpc) is 2.67. The molecule has 0 saturated carbocycles. The van der Waals surface area contributed by atoms with Crippen molar-refractivity contribution in [1.29, 1.82) is 0 Å². The van der Waals surface area contributed by atoms with E-state index in [1.54, 1.807) is 36.4 Å². The highest BCUT2D eigenvalue weighted by molar-refractivity contribution is 6.14. The van der Waals surface area contributed by atoms with Crippen LogP contribution in [-0.2, 0) is 4.79 Å². The molecule has 6 nitrogen and oxygen atoms in total. The number of hydrogen-bond acceptors (Lipinski definition) is 6. The van der Waals surface area contributed by atoms with E-state index in [0.29, 0.717) is 35.7 Å². The fourth-order valence-electron chi connectivity index (χ4n) is 2.90. The molecule has 2 aromatic carbocycles. The maximum atomic E-state index is 12.8. The lowest BCUT2D eigenvalue weighted by Gasteiger charge is -2.18. The van der Waals surface area contributed by atoms with Crippen molar-refractivity contribution in [1.82, 2.24) is 5.32 Å². The number of rotatable bonds is 4. The summed E-state index contributed by atoms with van der Waals surface area (Å²) in [6.45, 7) is 0.913. The molecule has 1 fully saturated rings. The van der Waals surface area contributed by atoms with Crippen molar-refractivity contribution < 1.29 is 24.5 Å². The van der Waals surface area contributed by atoms with Crippen LogP contribution in [0.2, 0.25) is 0 Å². The molecule has 0 aliphatic carbocycles. The van der Waals surface area contributed by atoms with Gasteiger partial charge >= 0.3 is 0 Å². The topological polar surface area (TPSA) is 88.0 Å². The van der Waals surface area contributed by atoms with Gasteiger partial charge in [-0.3, -0.25) is 4.79 Å². The van der Waals surface area contributed by atoms with Crippen molar-refractivity contribution in [2.24, 2.45) is 0 Å². The van der Waals surface area contributed by atoms with Crippen LogP contribution < -0.4 is 14.8 Å². The van der Waals surface area contributed by atoms with Crippen molar-refractivity contribution in [2.75, 3.05) is 27.3 Å². The van der Waals surface area contributed by atoms with E-state index < -0.39 is 0 Å². The first-order valence-corrected chi connectivity index (χ1v) is 8.42. The highest BCUT2D eigenvalue weighted by atomic mass is 35.5. The van der Waals surface area contributed by atoms with E-state index in [1.165, 1.54) is 26.4 Å². The number of Topliss-reactive ketones (excluding diaryl/α,β-unsaturated/α-hetero) is 1. The Morgan fingerprint density at radius 2 is 1.29 bits per heavy atom. The number of nitrogens with one attached hydrogen (secondary N) is 1. The van der Waals surface area contributed by atoms with E-state index in [9.17, 15) is 15.0 Å². The van der Waals surface area contributed by atoms with E-state index in [1.807, 2.05) is 0 Å². The van der Waals surface area contributed by atoms with E-state index in [0.717, 1.165) is 11.1 Å². The van der Waals surface area contributed by atoms with E-state index in [2.05, 4.69) is 5.32 Å². The number of aromatic hydroxyl groups is 2. The number of phenols is 2. The molecule has 0 radical (unpaired) electrons. The van der Waals surface area contributed by atoms with Gasteiger partial charge in [0.05, 0.1) is 14.2 Å². The van der Waals surface area contributed by atoms with Gasteiger partial charge in [0.1, 0.15) is 0 Å². The first kappa shape index (κ1) is 21.3. The molecule has 0 aromatic heterocycles. The zero-order valence-electron chi connectivity index (χ0n) is 15.6. The first-order valence-electron chi connectivity index (χ1n) is 8.42. The average molecular weight is 404 g/mol. The van der Waals surface area contributed by atoms with Crippen LogP contribution in [0.25, 0.3) is 12.2 Å². The maximum Gasteiger partial charge on any atom is 0.187 e. The quantitative estimate of drug-likeness (QED) is 0.679. The number of ether oxygens (including phenoxy) is 2. The molecule has 0 bridgehead atoms. The summed E-state index contributed by atoms with van der Waals surface area (Å²) in [5, 5.41) is 22.6. The zero-order chi connectivity index (χ0) is 19.4. The van der Waals surface area contributed by atoms with E-state index >= 15 is 0 Å². The van der Waals surface area contributed by atoms with Gasteiger partial charge in [-0.2, -0.15) is 0 Å². The van der Waals surface area contributed by atoms with E-state index in [4.69, 9.17) is 9.47 Å². The molecule has 1 heterocycles. The highest BCUT2D eigenvalue weighted by Gasteiger charge is 2.20. The summed E-state index contributed by atoms with van der Waals surface area (Å²) in [4.78, 5) is 12.8. The third-order valence-corrected chi connectivity index (χ3v) is 4.30. The number of benzene rings is 2. The van der Waals surface area contributed by atoms with Crippen LogP contribution in [0, 0.1) is 0 Å². The molecular weight excluding hydrogens is 382 g/mol. The summed E-state index contributed by atoms with van der Waals surface area (Å²) in [6.07, 6.45) is 3.56. The van der Waals surface area contributed by atoms with Crippen molar-refractivity contribution in [2.45, 2.75) is 0 Å².